The highest BCUT2D eigenvalue weighted by atomic mass is 127. The topological polar surface area (TPSA) is 86.3 Å². The van der Waals surface area contributed by atoms with Crippen molar-refractivity contribution in [2.75, 3.05) is 59.0 Å². The molecule has 4 aliphatic rings. The van der Waals surface area contributed by atoms with Gasteiger partial charge in [0.15, 0.2) is 5.96 Å². The predicted molar refractivity (Wildman–Crippen MR) is 121 cm³/mol. The van der Waals surface area contributed by atoms with Gasteiger partial charge in [-0.15, -0.1) is 24.0 Å². The molecule has 0 radical (unpaired) electrons. The minimum absolute atomic E-state index is 0. The summed E-state index contributed by atoms with van der Waals surface area (Å²) < 4.78 is 5.36. The Morgan fingerprint density at radius 1 is 1.10 bits per heavy atom. The Morgan fingerprint density at radius 2 is 1.76 bits per heavy atom. The molecular formula is C20H32IN5O3. The summed E-state index contributed by atoms with van der Waals surface area (Å²) in [5, 5.41) is 6.49. The zero-order valence-electron chi connectivity index (χ0n) is 17.0. The Hall–Kier alpha value is -1.20. The van der Waals surface area contributed by atoms with Gasteiger partial charge in [0.2, 0.25) is 11.8 Å². The van der Waals surface area contributed by atoms with Crippen molar-refractivity contribution in [1.29, 1.82) is 0 Å². The van der Waals surface area contributed by atoms with Crippen molar-refractivity contribution < 1.29 is 14.3 Å². The van der Waals surface area contributed by atoms with Crippen LogP contribution in [0.5, 0.6) is 0 Å². The maximum absolute atomic E-state index is 12.7. The monoisotopic (exact) mass is 517 g/mol. The van der Waals surface area contributed by atoms with E-state index in [0.717, 1.165) is 51.8 Å². The highest BCUT2D eigenvalue weighted by molar-refractivity contribution is 14.0. The van der Waals surface area contributed by atoms with Gasteiger partial charge in [-0.3, -0.25) is 24.4 Å². The van der Waals surface area contributed by atoms with Crippen molar-refractivity contribution in [2.24, 2.45) is 28.7 Å². The number of morpholine rings is 1. The van der Waals surface area contributed by atoms with Crippen LogP contribution in [-0.4, -0.2) is 86.6 Å². The predicted octanol–water partition coefficient (Wildman–Crippen LogP) is 0.299. The van der Waals surface area contributed by atoms with Crippen molar-refractivity contribution in [3.8, 4) is 0 Å². The van der Waals surface area contributed by atoms with Crippen LogP contribution in [0, 0.1) is 23.7 Å². The lowest BCUT2D eigenvalue weighted by Gasteiger charge is -2.25. The molecule has 9 heteroatoms. The smallest absolute Gasteiger partial charge is 0.233 e. The van der Waals surface area contributed by atoms with Crippen molar-refractivity contribution >= 4 is 41.8 Å². The van der Waals surface area contributed by atoms with Gasteiger partial charge < -0.3 is 15.4 Å². The van der Waals surface area contributed by atoms with E-state index in [2.05, 4.69) is 32.7 Å². The summed E-state index contributed by atoms with van der Waals surface area (Å²) >= 11 is 0. The number of hydrogen-bond acceptors (Lipinski definition) is 5. The Morgan fingerprint density at radius 3 is 2.38 bits per heavy atom. The molecular weight excluding hydrogens is 485 g/mol. The number of carbonyl (C=O) groups excluding carboxylic acids is 2. The van der Waals surface area contributed by atoms with Gasteiger partial charge in [0, 0.05) is 39.3 Å². The number of halogens is 1. The van der Waals surface area contributed by atoms with E-state index in [1.165, 1.54) is 4.90 Å². The normalized spacial score (nSPS) is 31.2. The number of fused-ring (bicyclic) bond motifs is 5. The molecule has 2 bridgehead atoms. The SMILES string of the molecule is CCNC(=NCCN1CCOCC1)NCCN1C(=O)C2C3C=CC(C3)C2C1=O.I. The third-order valence-electron chi connectivity index (χ3n) is 6.32. The van der Waals surface area contributed by atoms with Crippen LogP contribution in [0.3, 0.4) is 0 Å². The van der Waals surface area contributed by atoms with Crippen LogP contribution in [0.2, 0.25) is 0 Å². The van der Waals surface area contributed by atoms with Gasteiger partial charge in [-0.2, -0.15) is 0 Å². The summed E-state index contributed by atoms with van der Waals surface area (Å²) in [6, 6.07) is 0. The second-order valence-electron chi connectivity index (χ2n) is 7.97. The average molecular weight is 517 g/mol. The van der Waals surface area contributed by atoms with Gasteiger partial charge in [-0.05, 0) is 25.2 Å². The Bertz CT molecular complexity index is 635. The largest absolute Gasteiger partial charge is 0.379 e. The lowest BCUT2D eigenvalue weighted by Crippen LogP contribution is -2.44. The second-order valence-corrected chi connectivity index (χ2v) is 7.97. The highest BCUT2D eigenvalue weighted by Crippen LogP contribution is 2.52. The number of rotatable bonds is 7. The molecule has 2 amide bonds. The van der Waals surface area contributed by atoms with Crippen LogP contribution in [-0.2, 0) is 14.3 Å². The number of allylic oxidation sites excluding steroid dienone is 2. The Kier molecular flexibility index (Phi) is 7.92. The number of nitrogens with one attached hydrogen (secondary N) is 2. The lowest BCUT2D eigenvalue weighted by atomic mass is 9.85. The third kappa shape index (κ3) is 4.77. The maximum Gasteiger partial charge on any atom is 0.233 e. The van der Waals surface area contributed by atoms with Crippen LogP contribution < -0.4 is 10.6 Å². The van der Waals surface area contributed by atoms with E-state index in [-0.39, 0.29) is 59.5 Å². The van der Waals surface area contributed by atoms with Gasteiger partial charge in [0.05, 0.1) is 31.6 Å². The Balaban J connectivity index is 0.00000240. The average Bonchev–Trinajstić information content (AvgIpc) is 3.38. The quantitative estimate of drug-likeness (QED) is 0.166. The second kappa shape index (κ2) is 10.2. The zero-order valence-corrected chi connectivity index (χ0v) is 19.3. The molecule has 2 aliphatic carbocycles. The molecule has 2 N–H and O–H groups in total. The number of carbonyl (C=O) groups is 2. The van der Waals surface area contributed by atoms with Crippen LogP contribution in [0.25, 0.3) is 0 Å². The molecule has 4 unspecified atom stereocenters. The number of likely N-dealkylation sites (tertiary alicyclic amines) is 1. The van der Waals surface area contributed by atoms with Gasteiger partial charge in [-0.1, -0.05) is 12.2 Å². The van der Waals surface area contributed by atoms with E-state index in [4.69, 9.17) is 4.74 Å². The highest BCUT2D eigenvalue weighted by Gasteiger charge is 2.58. The molecule has 3 fully saturated rings. The van der Waals surface area contributed by atoms with E-state index < -0.39 is 0 Å². The molecule has 162 valence electrons. The van der Waals surface area contributed by atoms with Crippen LogP contribution >= 0.6 is 24.0 Å². The maximum atomic E-state index is 12.7. The summed E-state index contributed by atoms with van der Waals surface area (Å²) in [6.07, 6.45) is 5.23. The fraction of sp³-hybridized carbons (Fsp3) is 0.750. The minimum Gasteiger partial charge on any atom is -0.379 e. The molecule has 8 nitrogen and oxygen atoms in total. The van der Waals surface area contributed by atoms with Gasteiger partial charge >= 0.3 is 0 Å². The van der Waals surface area contributed by atoms with Crippen molar-refractivity contribution in [1.82, 2.24) is 20.4 Å². The van der Waals surface area contributed by atoms with E-state index in [0.29, 0.717) is 19.6 Å². The Labute approximate surface area is 189 Å². The van der Waals surface area contributed by atoms with Crippen LogP contribution in [0.4, 0.5) is 0 Å². The van der Waals surface area contributed by atoms with Gasteiger partial charge in [0.1, 0.15) is 0 Å². The first-order chi connectivity index (χ1) is 13.7. The van der Waals surface area contributed by atoms with Crippen LogP contribution in [0.1, 0.15) is 13.3 Å². The molecule has 2 aliphatic heterocycles. The third-order valence-corrected chi connectivity index (χ3v) is 6.32. The molecule has 0 spiro atoms. The summed E-state index contributed by atoms with van der Waals surface area (Å²) in [7, 11) is 0. The molecule has 29 heavy (non-hydrogen) atoms. The minimum atomic E-state index is -0.113. The first-order valence-electron chi connectivity index (χ1n) is 10.5. The standard InChI is InChI=1S/C20H31N5O3.HI/c1-2-21-20(22-5-7-24-9-11-28-12-10-24)23-6-8-25-18(26)16-14-3-4-15(13-14)17(16)19(25)27;/h3-4,14-17H,2,5-13H2,1H3,(H2,21,22,23);1H. The molecule has 2 heterocycles. The first kappa shape index (κ1) is 22.5. The first-order valence-corrected chi connectivity index (χ1v) is 10.5. The van der Waals surface area contributed by atoms with Crippen molar-refractivity contribution in [3.63, 3.8) is 0 Å². The molecule has 1 saturated carbocycles. The lowest BCUT2D eigenvalue weighted by molar-refractivity contribution is -0.140. The molecule has 4 atom stereocenters. The van der Waals surface area contributed by atoms with Gasteiger partial charge in [0.25, 0.3) is 0 Å². The van der Waals surface area contributed by atoms with Crippen LogP contribution in [0.15, 0.2) is 17.1 Å². The van der Waals surface area contributed by atoms with Crippen molar-refractivity contribution in [3.05, 3.63) is 12.2 Å². The van der Waals surface area contributed by atoms with E-state index in [1.54, 1.807) is 0 Å². The molecule has 0 aromatic heterocycles. The summed E-state index contributed by atoms with van der Waals surface area (Å²) in [4.78, 5) is 33.9. The number of guanidine groups is 1. The fourth-order valence-corrected chi connectivity index (χ4v) is 4.94. The number of amides is 2. The zero-order chi connectivity index (χ0) is 19.5. The molecule has 2 saturated heterocycles. The summed E-state index contributed by atoms with van der Waals surface area (Å²) in [6.45, 7) is 8.81. The fourth-order valence-electron chi connectivity index (χ4n) is 4.94. The number of aliphatic imine (C=N–C) groups is 1. The number of ether oxygens (including phenoxy) is 1. The number of imide groups is 1. The molecule has 0 aromatic carbocycles. The number of hydrogen-bond donors (Lipinski definition) is 2. The van der Waals surface area contributed by atoms with Gasteiger partial charge in [-0.25, -0.2) is 0 Å². The summed E-state index contributed by atoms with van der Waals surface area (Å²) in [5.41, 5.74) is 0. The van der Waals surface area contributed by atoms with E-state index >= 15 is 0 Å². The van der Waals surface area contributed by atoms with E-state index in [1.807, 2.05) is 6.92 Å². The number of nitrogens with zero attached hydrogens (tertiary/aromatic N) is 3. The summed E-state index contributed by atoms with van der Waals surface area (Å²) in [5.74, 6) is 1.07. The van der Waals surface area contributed by atoms with Crippen molar-refractivity contribution in [2.45, 2.75) is 13.3 Å². The van der Waals surface area contributed by atoms with E-state index in [9.17, 15) is 9.59 Å². The molecule has 0 aromatic rings. The molecule has 4 rings (SSSR count).